The van der Waals surface area contributed by atoms with E-state index in [0.29, 0.717) is 5.89 Å². The van der Waals surface area contributed by atoms with Crippen LogP contribution in [0.25, 0.3) is 88.3 Å². The Morgan fingerprint density at radius 3 is 1.90 bits per heavy atom. The molecular weight excluding hydrogens is 617 g/mol. The molecule has 0 unspecified atom stereocenters. The summed E-state index contributed by atoms with van der Waals surface area (Å²) in [6.45, 7) is 0. The number of hydrogen-bond donors (Lipinski definition) is 0. The van der Waals surface area contributed by atoms with Gasteiger partial charge in [-0.05, 0) is 83.9 Å². The molecule has 50 heavy (non-hydrogen) atoms. The fourth-order valence-electron chi connectivity index (χ4n) is 7.56. The van der Waals surface area contributed by atoms with E-state index in [2.05, 4.69) is 95.9 Å². The minimum Gasteiger partial charge on any atom is -0.456 e. The predicted octanol–water partition coefficient (Wildman–Crippen LogP) is 13.0. The molecule has 234 valence electrons. The highest BCUT2D eigenvalue weighted by Gasteiger charge is 2.23. The zero-order valence-corrected chi connectivity index (χ0v) is 26.6. The van der Waals surface area contributed by atoms with Crippen LogP contribution in [0.5, 0.6) is 0 Å². The lowest BCUT2D eigenvalue weighted by Crippen LogP contribution is -2.09. The lowest BCUT2D eigenvalue weighted by atomic mass is 9.96. The number of para-hydroxylation sites is 2. The third-order valence-electron chi connectivity index (χ3n) is 9.84. The maximum atomic E-state index is 6.56. The number of furan rings is 2. The average molecular weight is 643 g/mol. The number of aromatic nitrogens is 1. The maximum Gasteiger partial charge on any atom is 0.227 e. The second-order valence-electron chi connectivity index (χ2n) is 12.7. The summed E-state index contributed by atoms with van der Waals surface area (Å²) >= 11 is 0. The largest absolute Gasteiger partial charge is 0.456 e. The summed E-state index contributed by atoms with van der Waals surface area (Å²) in [7, 11) is 0. The zero-order chi connectivity index (χ0) is 32.8. The van der Waals surface area contributed by atoms with Crippen molar-refractivity contribution in [1.82, 2.24) is 4.98 Å². The molecule has 5 heteroatoms. The molecule has 0 aliphatic heterocycles. The van der Waals surface area contributed by atoms with Crippen LogP contribution >= 0.6 is 0 Å². The minimum absolute atomic E-state index is 0.611. The highest BCUT2D eigenvalue weighted by molar-refractivity contribution is 6.31. The summed E-state index contributed by atoms with van der Waals surface area (Å²) in [5, 5.41) is 6.41. The lowest BCUT2D eigenvalue weighted by Gasteiger charge is -2.25. The Kier molecular flexibility index (Phi) is 5.60. The van der Waals surface area contributed by atoms with Crippen LogP contribution in [-0.2, 0) is 0 Å². The molecule has 0 spiro atoms. The Hall–Kier alpha value is -6.85. The van der Waals surface area contributed by atoms with Crippen LogP contribution < -0.4 is 4.90 Å². The monoisotopic (exact) mass is 642 g/mol. The fraction of sp³-hybridized carbons (Fsp3) is 0. The van der Waals surface area contributed by atoms with Crippen molar-refractivity contribution in [3.05, 3.63) is 158 Å². The van der Waals surface area contributed by atoms with E-state index >= 15 is 0 Å². The minimum atomic E-state index is 0.611. The summed E-state index contributed by atoms with van der Waals surface area (Å²) in [6.07, 6.45) is 0. The van der Waals surface area contributed by atoms with Crippen molar-refractivity contribution in [2.75, 3.05) is 4.90 Å². The molecular formula is C45H26N2O3. The van der Waals surface area contributed by atoms with E-state index in [4.69, 9.17) is 18.2 Å². The number of rotatable bonds is 5. The standard InChI is InChI=1S/C45H26N2O3/c1-3-10-28(11-4-1)45-46-43-35-15-9-17-38-41(35)42-36(44(43)50-45)24-29(25-40(42)49-38)27-18-20-31(21-19-27)47(30-12-5-2-6-13-30)32-22-23-34-33-14-7-8-16-37(33)48-39(34)26-32/h1-26H. The van der Waals surface area contributed by atoms with Crippen LogP contribution in [0.3, 0.4) is 0 Å². The molecule has 0 saturated carbocycles. The van der Waals surface area contributed by atoms with Gasteiger partial charge in [0.1, 0.15) is 27.8 Å². The summed E-state index contributed by atoms with van der Waals surface area (Å²) in [4.78, 5) is 7.27. The van der Waals surface area contributed by atoms with Crippen LogP contribution in [0.1, 0.15) is 0 Å². The summed E-state index contributed by atoms with van der Waals surface area (Å²) < 4.78 is 19.3. The van der Waals surface area contributed by atoms with Crippen LogP contribution in [0.15, 0.2) is 171 Å². The van der Waals surface area contributed by atoms with E-state index in [-0.39, 0.29) is 0 Å². The molecule has 0 aliphatic carbocycles. The molecule has 0 bridgehead atoms. The summed E-state index contributed by atoms with van der Waals surface area (Å²) in [5.41, 5.74) is 11.2. The van der Waals surface area contributed by atoms with Crippen molar-refractivity contribution in [2.24, 2.45) is 0 Å². The molecule has 8 aromatic carbocycles. The van der Waals surface area contributed by atoms with Crippen LogP contribution in [0.2, 0.25) is 0 Å². The SMILES string of the molecule is c1ccc(-c2nc3c4cccc5oc6cc(-c7ccc(N(c8ccccc8)c8ccc9c(c8)oc8ccccc89)cc7)cc(c3o2)c6c54)cc1. The molecule has 0 atom stereocenters. The highest BCUT2D eigenvalue weighted by atomic mass is 16.4. The van der Waals surface area contributed by atoms with E-state index in [1.807, 2.05) is 66.7 Å². The van der Waals surface area contributed by atoms with E-state index in [1.165, 1.54) is 0 Å². The second-order valence-corrected chi connectivity index (χ2v) is 12.7. The van der Waals surface area contributed by atoms with E-state index in [1.54, 1.807) is 0 Å². The van der Waals surface area contributed by atoms with E-state index < -0.39 is 0 Å². The molecule has 0 amide bonds. The number of fused-ring (bicyclic) bond motifs is 6. The van der Waals surface area contributed by atoms with Crippen molar-refractivity contribution < 1.29 is 13.3 Å². The van der Waals surface area contributed by atoms with Crippen LogP contribution in [-0.4, -0.2) is 4.98 Å². The molecule has 0 aliphatic rings. The van der Waals surface area contributed by atoms with Gasteiger partial charge in [-0.1, -0.05) is 78.9 Å². The zero-order valence-electron chi connectivity index (χ0n) is 26.6. The molecule has 0 saturated heterocycles. The van der Waals surface area contributed by atoms with Gasteiger partial charge in [-0.3, -0.25) is 0 Å². The number of anilines is 3. The fourth-order valence-corrected chi connectivity index (χ4v) is 7.56. The first-order valence-corrected chi connectivity index (χ1v) is 16.7. The maximum absolute atomic E-state index is 6.56. The molecule has 5 nitrogen and oxygen atoms in total. The van der Waals surface area contributed by atoms with Gasteiger partial charge in [0.15, 0.2) is 5.58 Å². The van der Waals surface area contributed by atoms with E-state index in [9.17, 15) is 0 Å². The van der Waals surface area contributed by atoms with Gasteiger partial charge in [0, 0.05) is 61.0 Å². The van der Waals surface area contributed by atoms with Crippen molar-refractivity contribution in [3.8, 4) is 22.6 Å². The van der Waals surface area contributed by atoms with Gasteiger partial charge in [-0.15, -0.1) is 0 Å². The third-order valence-corrected chi connectivity index (χ3v) is 9.84. The van der Waals surface area contributed by atoms with Gasteiger partial charge in [0.2, 0.25) is 5.89 Å². The predicted molar refractivity (Wildman–Crippen MR) is 203 cm³/mol. The normalized spacial score (nSPS) is 12.0. The topological polar surface area (TPSA) is 55.6 Å². The van der Waals surface area contributed by atoms with Gasteiger partial charge >= 0.3 is 0 Å². The van der Waals surface area contributed by atoms with Crippen LogP contribution in [0, 0.1) is 0 Å². The van der Waals surface area contributed by atoms with Gasteiger partial charge < -0.3 is 18.2 Å². The molecule has 3 aromatic heterocycles. The second kappa shape index (κ2) is 10.3. The van der Waals surface area contributed by atoms with Gasteiger partial charge in [-0.25, -0.2) is 4.98 Å². The van der Waals surface area contributed by atoms with Gasteiger partial charge in [0.05, 0.1) is 0 Å². The summed E-state index contributed by atoms with van der Waals surface area (Å²) in [5.74, 6) is 0.611. The quantitative estimate of drug-likeness (QED) is 0.175. The first-order chi connectivity index (χ1) is 24.8. The van der Waals surface area contributed by atoms with Crippen molar-refractivity contribution in [2.45, 2.75) is 0 Å². The van der Waals surface area contributed by atoms with Crippen molar-refractivity contribution >= 4 is 82.8 Å². The first-order valence-electron chi connectivity index (χ1n) is 16.7. The van der Waals surface area contributed by atoms with Gasteiger partial charge in [-0.2, -0.15) is 0 Å². The summed E-state index contributed by atoms with van der Waals surface area (Å²) in [6, 6.07) is 54.3. The van der Waals surface area contributed by atoms with Crippen LogP contribution in [0.4, 0.5) is 17.1 Å². The number of benzene rings is 8. The Morgan fingerprint density at radius 1 is 0.380 bits per heavy atom. The Labute approximate surface area is 285 Å². The number of hydrogen-bond acceptors (Lipinski definition) is 5. The Morgan fingerprint density at radius 2 is 1.04 bits per heavy atom. The number of nitrogens with zero attached hydrogens (tertiary/aromatic N) is 2. The molecule has 0 fully saturated rings. The van der Waals surface area contributed by atoms with Crippen molar-refractivity contribution in [1.29, 1.82) is 0 Å². The molecule has 3 heterocycles. The van der Waals surface area contributed by atoms with Crippen molar-refractivity contribution in [3.63, 3.8) is 0 Å². The first kappa shape index (κ1) is 27.1. The molecule has 11 rings (SSSR count). The molecule has 0 radical (unpaired) electrons. The Balaban J connectivity index is 1.06. The molecule has 11 aromatic rings. The molecule has 0 N–H and O–H groups in total. The van der Waals surface area contributed by atoms with Gasteiger partial charge in [0.25, 0.3) is 0 Å². The van der Waals surface area contributed by atoms with E-state index in [0.717, 1.165) is 99.5 Å². The average Bonchev–Trinajstić information content (AvgIpc) is 3.90. The third kappa shape index (κ3) is 3.98. The smallest absolute Gasteiger partial charge is 0.227 e. The lowest BCUT2D eigenvalue weighted by molar-refractivity contribution is 0.623. The highest BCUT2D eigenvalue weighted by Crippen LogP contribution is 2.46. The number of oxazole rings is 1. The Bertz CT molecular complexity index is 3030.